The fourth-order valence-electron chi connectivity index (χ4n) is 2.34. The van der Waals surface area contributed by atoms with Gasteiger partial charge in [-0.15, -0.1) is 0 Å². The number of nitrogens with one attached hydrogen (secondary N) is 2. The maximum Gasteiger partial charge on any atom is 0.276 e. The molecule has 0 aliphatic rings. The molecule has 2 amide bonds. The third-order valence-electron chi connectivity index (χ3n) is 3.91. The first kappa shape index (κ1) is 21.2. The maximum absolute atomic E-state index is 12.3. The minimum Gasteiger partial charge on any atom is -0.490 e. The van der Waals surface area contributed by atoms with Crippen molar-refractivity contribution in [1.82, 2.24) is 10.9 Å². The minimum absolute atomic E-state index is 0.215. The number of hydrogen-bond donors (Lipinski definition) is 2. The van der Waals surface area contributed by atoms with Gasteiger partial charge in [-0.25, -0.2) is 0 Å². The Bertz CT molecular complexity index is 775. The number of hydrazine groups is 1. The van der Waals surface area contributed by atoms with Gasteiger partial charge in [-0.1, -0.05) is 38.1 Å². The van der Waals surface area contributed by atoms with Gasteiger partial charge in [0.25, 0.3) is 11.8 Å². The summed E-state index contributed by atoms with van der Waals surface area (Å²) in [4.78, 5) is 24.2. The largest absolute Gasteiger partial charge is 0.490 e. The number of rotatable bonds is 9. The molecule has 28 heavy (non-hydrogen) atoms. The number of hydrogen-bond acceptors (Lipinski definition) is 5. The number of para-hydroxylation sites is 1. The number of amides is 2. The summed E-state index contributed by atoms with van der Waals surface area (Å²) in [6.45, 7) is 4.71. The second kappa shape index (κ2) is 10.9. The fraction of sp³-hybridized carbons (Fsp3) is 0.333. The molecule has 2 aromatic rings. The topological polar surface area (TPSA) is 85.9 Å². The van der Waals surface area contributed by atoms with E-state index in [0.717, 1.165) is 0 Å². The van der Waals surface area contributed by atoms with Gasteiger partial charge in [-0.05, 0) is 35.7 Å². The summed E-state index contributed by atoms with van der Waals surface area (Å²) >= 11 is 0. The Morgan fingerprint density at radius 2 is 1.64 bits per heavy atom. The van der Waals surface area contributed by atoms with E-state index in [1.54, 1.807) is 31.4 Å². The smallest absolute Gasteiger partial charge is 0.276 e. The van der Waals surface area contributed by atoms with E-state index in [4.69, 9.17) is 14.2 Å². The highest BCUT2D eigenvalue weighted by atomic mass is 16.5. The van der Waals surface area contributed by atoms with Crippen molar-refractivity contribution in [3.05, 3.63) is 59.7 Å². The van der Waals surface area contributed by atoms with E-state index in [-0.39, 0.29) is 6.61 Å². The van der Waals surface area contributed by atoms with Crippen molar-refractivity contribution in [2.75, 3.05) is 26.9 Å². The molecule has 0 radical (unpaired) electrons. The number of methoxy groups -OCH3 is 1. The Morgan fingerprint density at radius 1 is 0.929 bits per heavy atom. The first-order chi connectivity index (χ1) is 13.5. The van der Waals surface area contributed by atoms with E-state index in [1.165, 1.54) is 5.56 Å². The van der Waals surface area contributed by atoms with E-state index < -0.39 is 11.8 Å². The van der Waals surface area contributed by atoms with Gasteiger partial charge in [0.05, 0.1) is 12.2 Å². The summed E-state index contributed by atoms with van der Waals surface area (Å²) in [7, 11) is 1.57. The van der Waals surface area contributed by atoms with Crippen LogP contribution >= 0.6 is 0 Å². The van der Waals surface area contributed by atoms with Crippen LogP contribution in [0.1, 0.15) is 35.7 Å². The lowest BCUT2D eigenvalue weighted by molar-refractivity contribution is -0.123. The van der Waals surface area contributed by atoms with Gasteiger partial charge in [0.1, 0.15) is 18.1 Å². The third-order valence-corrected chi connectivity index (χ3v) is 3.91. The van der Waals surface area contributed by atoms with Crippen LogP contribution in [0.3, 0.4) is 0 Å². The third kappa shape index (κ3) is 6.59. The molecule has 0 bridgehead atoms. The van der Waals surface area contributed by atoms with Crippen LogP contribution in [0.15, 0.2) is 48.5 Å². The quantitative estimate of drug-likeness (QED) is 0.511. The SMILES string of the molecule is COCCOc1ccccc1C(=O)NNC(=O)COc1ccc(C(C)C)cc1. The first-order valence-electron chi connectivity index (χ1n) is 9.04. The highest BCUT2D eigenvalue weighted by Gasteiger charge is 2.13. The zero-order valence-electron chi connectivity index (χ0n) is 16.4. The monoisotopic (exact) mass is 386 g/mol. The number of ether oxygens (including phenoxy) is 3. The molecule has 0 unspecified atom stereocenters. The molecule has 0 aromatic heterocycles. The molecule has 0 saturated heterocycles. The molecule has 0 spiro atoms. The van der Waals surface area contributed by atoms with E-state index in [9.17, 15) is 9.59 Å². The van der Waals surface area contributed by atoms with Crippen molar-refractivity contribution >= 4 is 11.8 Å². The van der Waals surface area contributed by atoms with Gasteiger partial charge < -0.3 is 14.2 Å². The predicted molar refractivity (Wildman–Crippen MR) is 105 cm³/mol. The van der Waals surface area contributed by atoms with E-state index in [2.05, 4.69) is 24.7 Å². The Kier molecular flexibility index (Phi) is 8.30. The zero-order valence-corrected chi connectivity index (χ0v) is 16.4. The minimum atomic E-state index is -0.484. The van der Waals surface area contributed by atoms with Gasteiger partial charge in [0.15, 0.2) is 6.61 Å². The fourth-order valence-corrected chi connectivity index (χ4v) is 2.34. The normalized spacial score (nSPS) is 10.4. The second-order valence-electron chi connectivity index (χ2n) is 6.35. The summed E-state index contributed by atoms with van der Waals surface area (Å²) < 4.78 is 15.9. The van der Waals surface area contributed by atoms with E-state index >= 15 is 0 Å². The summed E-state index contributed by atoms with van der Waals surface area (Å²) in [5.74, 6) is 0.464. The molecule has 0 saturated carbocycles. The molecule has 0 heterocycles. The molecule has 0 fully saturated rings. The van der Waals surface area contributed by atoms with Crippen LogP contribution in [0.5, 0.6) is 11.5 Å². The molecular weight excluding hydrogens is 360 g/mol. The van der Waals surface area contributed by atoms with E-state index in [1.807, 2.05) is 24.3 Å². The summed E-state index contributed by atoms with van der Waals surface area (Å²) in [5.41, 5.74) is 6.19. The summed E-state index contributed by atoms with van der Waals surface area (Å²) in [5, 5.41) is 0. The van der Waals surface area contributed by atoms with Crippen LogP contribution in [-0.4, -0.2) is 38.7 Å². The van der Waals surface area contributed by atoms with Crippen LogP contribution in [-0.2, 0) is 9.53 Å². The molecule has 7 nitrogen and oxygen atoms in total. The lowest BCUT2D eigenvalue weighted by Crippen LogP contribution is -2.43. The molecule has 0 aliphatic carbocycles. The van der Waals surface area contributed by atoms with Gasteiger partial charge in [0, 0.05) is 7.11 Å². The molecule has 2 aromatic carbocycles. The Hall–Kier alpha value is -3.06. The van der Waals surface area contributed by atoms with E-state index in [0.29, 0.717) is 36.2 Å². The average Bonchev–Trinajstić information content (AvgIpc) is 2.71. The maximum atomic E-state index is 12.3. The number of carbonyl (C=O) groups excluding carboxylic acids is 2. The first-order valence-corrected chi connectivity index (χ1v) is 9.04. The van der Waals surface area contributed by atoms with Crippen molar-refractivity contribution < 1.29 is 23.8 Å². The zero-order chi connectivity index (χ0) is 20.4. The lowest BCUT2D eigenvalue weighted by atomic mass is 10.0. The Balaban J connectivity index is 1.81. The van der Waals surface area contributed by atoms with Crippen LogP contribution in [0, 0.1) is 0 Å². The Labute approximate surface area is 165 Å². The number of carbonyl (C=O) groups is 2. The molecule has 0 atom stereocenters. The van der Waals surface area contributed by atoms with Gasteiger partial charge in [0.2, 0.25) is 0 Å². The second-order valence-corrected chi connectivity index (χ2v) is 6.35. The van der Waals surface area contributed by atoms with Gasteiger partial charge >= 0.3 is 0 Å². The van der Waals surface area contributed by atoms with Crippen molar-refractivity contribution in [1.29, 1.82) is 0 Å². The highest BCUT2D eigenvalue weighted by molar-refractivity contribution is 5.97. The van der Waals surface area contributed by atoms with Gasteiger partial charge in [-0.3, -0.25) is 20.4 Å². The molecule has 150 valence electrons. The van der Waals surface area contributed by atoms with Crippen molar-refractivity contribution in [2.24, 2.45) is 0 Å². The average molecular weight is 386 g/mol. The van der Waals surface area contributed by atoms with Crippen LogP contribution in [0.4, 0.5) is 0 Å². The predicted octanol–water partition coefficient (Wildman–Crippen LogP) is 2.68. The molecule has 2 N–H and O–H groups in total. The van der Waals surface area contributed by atoms with Crippen LogP contribution < -0.4 is 20.3 Å². The van der Waals surface area contributed by atoms with Gasteiger partial charge in [-0.2, -0.15) is 0 Å². The molecule has 7 heteroatoms. The van der Waals surface area contributed by atoms with Crippen molar-refractivity contribution in [2.45, 2.75) is 19.8 Å². The van der Waals surface area contributed by atoms with Crippen molar-refractivity contribution in [3.8, 4) is 11.5 Å². The van der Waals surface area contributed by atoms with Crippen LogP contribution in [0.25, 0.3) is 0 Å². The molecular formula is C21H26N2O5. The van der Waals surface area contributed by atoms with Crippen molar-refractivity contribution in [3.63, 3.8) is 0 Å². The summed E-state index contributed by atoms with van der Waals surface area (Å²) in [6, 6.07) is 14.3. The number of benzene rings is 2. The highest BCUT2D eigenvalue weighted by Crippen LogP contribution is 2.19. The lowest BCUT2D eigenvalue weighted by Gasteiger charge is -2.12. The summed E-state index contributed by atoms with van der Waals surface area (Å²) in [6.07, 6.45) is 0. The Morgan fingerprint density at radius 3 is 2.32 bits per heavy atom. The standard InChI is InChI=1S/C21H26N2O5/c1-15(2)16-8-10-17(11-9-16)28-14-20(24)22-23-21(25)18-6-4-5-7-19(18)27-13-12-26-3/h4-11,15H,12-14H2,1-3H3,(H,22,24)(H,23,25). The molecule has 2 rings (SSSR count). The molecule has 0 aliphatic heterocycles. The van der Waals surface area contributed by atoms with Crippen LogP contribution in [0.2, 0.25) is 0 Å².